The van der Waals surface area contributed by atoms with Crippen molar-refractivity contribution in [2.75, 3.05) is 6.61 Å². The van der Waals surface area contributed by atoms with E-state index in [0.717, 1.165) is 25.9 Å². The largest absolute Gasteiger partial charge is 0.370 e. The summed E-state index contributed by atoms with van der Waals surface area (Å²) in [6.45, 7) is 0.736. The van der Waals surface area contributed by atoms with Crippen LogP contribution in [0, 0.1) is 0 Å². The fourth-order valence-corrected chi connectivity index (χ4v) is 1.19. The SMILES string of the molecule is O=[C]C1CCCCCCO1. The molecule has 1 atom stereocenters. The summed E-state index contributed by atoms with van der Waals surface area (Å²) in [5.74, 6) is 0. The van der Waals surface area contributed by atoms with Crippen molar-refractivity contribution in [3.05, 3.63) is 0 Å². The van der Waals surface area contributed by atoms with Gasteiger partial charge >= 0.3 is 0 Å². The highest BCUT2D eigenvalue weighted by molar-refractivity contribution is 5.56. The van der Waals surface area contributed by atoms with Crippen LogP contribution >= 0.6 is 0 Å². The number of carbonyl (C=O) groups excluding carboxylic acids is 1. The molecule has 0 bridgehead atoms. The lowest BCUT2D eigenvalue weighted by molar-refractivity contribution is 0.0765. The molecular weight excluding hydrogens is 128 g/mol. The number of rotatable bonds is 1. The van der Waals surface area contributed by atoms with Gasteiger partial charge in [-0.05, 0) is 12.8 Å². The molecule has 0 spiro atoms. The minimum Gasteiger partial charge on any atom is -0.370 e. The van der Waals surface area contributed by atoms with Crippen molar-refractivity contribution in [1.82, 2.24) is 0 Å². The van der Waals surface area contributed by atoms with Gasteiger partial charge in [0.05, 0.1) is 0 Å². The van der Waals surface area contributed by atoms with E-state index in [1.165, 1.54) is 12.8 Å². The Morgan fingerprint density at radius 3 is 2.80 bits per heavy atom. The molecule has 1 unspecified atom stereocenters. The van der Waals surface area contributed by atoms with E-state index in [1.54, 1.807) is 0 Å². The van der Waals surface area contributed by atoms with Crippen LogP contribution in [-0.4, -0.2) is 19.0 Å². The first-order chi connectivity index (χ1) is 4.93. The smallest absolute Gasteiger partial charge is 0.229 e. The van der Waals surface area contributed by atoms with Gasteiger partial charge in [0.15, 0.2) is 0 Å². The lowest BCUT2D eigenvalue weighted by Gasteiger charge is -2.13. The Hall–Kier alpha value is -0.370. The fraction of sp³-hybridized carbons (Fsp3) is 0.875. The van der Waals surface area contributed by atoms with Crippen LogP contribution in [0.3, 0.4) is 0 Å². The van der Waals surface area contributed by atoms with Gasteiger partial charge in [0.1, 0.15) is 6.10 Å². The van der Waals surface area contributed by atoms with Crippen molar-refractivity contribution < 1.29 is 9.53 Å². The molecule has 1 aliphatic rings. The second kappa shape index (κ2) is 4.45. The van der Waals surface area contributed by atoms with Crippen LogP contribution in [0.2, 0.25) is 0 Å². The van der Waals surface area contributed by atoms with Crippen molar-refractivity contribution in [1.29, 1.82) is 0 Å². The zero-order valence-electron chi connectivity index (χ0n) is 6.14. The van der Waals surface area contributed by atoms with Gasteiger partial charge in [-0.1, -0.05) is 19.3 Å². The Labute approximate surface area is 61.6 Å². The van der Waals surface area contributed by atoms with Crippen molar-refractivity contribution in [3.63, 3.8) is 0 Å². The molecule has 1 heterocycles. The van der Waals surface area contributed by atoms with E-state index < -0.39 is 0 Å². The minimum absolute atomic E-state index is 0.236. The molecule has 2 heteroatoms. The highest BCUT2D eigenvalue weighted by atomic mass is 16.5. The number of ether oxygens (including phenoxy) is 1. The first-order valence-electron chi connectivity index (χ1n) is 3.93. The molecule has 0 aromatic heterocycles. The maximum atomic E-state index is 10.2. The summed E-state index contributed by atoms with van der Waals surface area (Å²) in [6, 6.07) is 0. The van der Waals surface area contributed by atoms with Gasteiger partial charge in [-0.15, -0.1) is 0 Å². The third-order valence-electron chi connectivity index (χ3n) is 1.81. The first kappa shape index (κ1) is 7.73. The average molecular weight is 141 g/mol. The molecule has 0 aromatic carbocycles. The highest BCUT2D eigenvalue weighted by Gasteiger charge is 2.09. The van der Waals surface area contributed by atoms with Crippen LogP contribution < -0.4 is 0 Å². The molecule has 1 saturated heterocycles. The molecule has 1 radical (unpaired) electrons. The molecule has 57 valence electrons. The van der Waals surface area contributed by atoms with Gasteiger partial charge in [0, 0.05) is 6.61 Å². The molecule has 0 aromatic rings. The monoisotopic (exact) mass is 141 g/mol. The van der Waals surface area contributed by atoms with Crippen LogP contribution in [-0.2, 0) is 9.53 Å². The van der Waals surface area contributed by atoms with E-state index in [0.29, 0.717) is 0 Å². The summed E-state index contributed by atoms with van der Waals surface area (Å²) in [4.78, 5) is 10.2. The van der Waals surface area contributed by atoms with Crippen LogP contribution in [0.25, 0.3) is 0 Å². The third kappa shape index (κ3) is 2.48. The van der Waals surface area contributed by atoms with Gasteiger partial charge in [0.2, 0.25) is 6.29 Å². The van der Waals surface area contributed by atoms with Crippen molar-refractivity contribution in [2.24, 2.45) is 0 Å². The molecule has 10 heavy (non-hydrogen) atoms. The maximum absolute atomic E-state index is 10.2. The van der Waals surface area contributed by atoms with Crippen LogP contribution in [0.1, 0.15) is 32.1 Å². The number of hydrogen-bond donors (Lipinski definition) is 0. The van der Waals surface area contributed by atoms with Gasteiger partial charge in [-0.2, -0.15) is 0 Å². The summed E-state index contributed by atoms with van der Waals surface area (Å²) in [5.41, 5.74) is 0. The second-order valence-electron chi connectivity index (χ2n) is 2.68. The Kier molecular flexibility index (Phi) is 3.44. The van der Waals surface area contributed by atoms with Gasteiger partial charge in [-0.25, -0.2) is 0 Å². The number of hydrogen-bond acceptors (Lipinski definition) is 2. The van der Waals surface area contributed by atoms with Crippen molar-refractivity contribution >= 4 is 6.29 Å². The van der Waals surface area contributed by atoms with E-state index in [4.69, 9.17) is 4.74 Å². The zero-order valence-corrected chi connectivity index (χ0v) is 6.14. The molecule has 0 saturated carbocycles. The molecular formula is C8H13O2. The molecule has 2 nitrogen and oxygen atoms in total. The predicted octanol–water partition coefficient (Wildman–Crippen LogP) is 1.45. The topological polar surface area (TPSA) is 26.3 Å². The maximum Gasteiger partial charge on any atom is 0.229 e. The lowest BCUT2D eigenvalue weighted by atomic mass is 10.1. The Morgan fingerprint density at radius 1 is 1.20 bits per heavy atom. The summed E-state index contributed by atoms with van der Waals surface area (Å²) in [6.07, 6.45) is 7.21. The van der Waals surface area contributed by atoms with Gasteiger partial charge in [0.25, 0.3) is 0 Å². The van der Waals surface area contributed by atoms with E-state index in [1.807, 2.05) is 6.29 Å². The van der Waals surface area contributed by atoms with Gasteiger partial charge < -0.3 is 4.74 Å². The third-order valence-corrected chi connectivity index (χ3v) is 1.81. The second-order valence-corrected chi connectivity index (χ2v) is 2.68. The quantitative estimate of drug-likeness (QED) is 0.552. The van der Waals surface area contributed by atoms with E-state index >= 15 is 0 Å². The zero-order chi connectivity index (χ0) is 7.23. The Morgan fingerprint density at radius 2 is 2.00 bits per heavy atom. The van der Waals surface area contributed by atoms with Gasteiger partial charge in [-0.3, -0.25) is 4.79 Å². The minimum atomic E-state index is -0.236. The summed E-state index contributed by atoms with van der Waals surface area (Å²) in [7, 11) is 0. The Balaban J connectivity index is 2.22. The summed E-state index contributed by atoms with van der Waals surface area (Å²) >= 11 is 0. The molecule has 0 N–H and O–H groups in total. The van der Waals surface area contributed by atoms with Crippen molar-refractivity contribution in [2.45, 2.75) is 38.2 Å². The van der Waals surface area contributed by atoms with Crippen LogP contribution in [0.5, 0.6) is 0 Å². The standard InChI is InChI=1S/C8H13O2/c9-7-8-5-3-1-2-4-6-10-8/h8H,1-6H2. The van der Waals surface area contributed by atoms with Crippen LogP contribution in [0.15, 0.2) is 0 Å². The summed E-state index contributed by atoms with van der Waals surface area (Å²) < 4.78 is 5.21. The molecule has 1 aliphatic heterocycles. The lowest BCUT2D eigenvalue weighted by Crippen LogP contribution is -2.16. The Bertz CT molecular complexity index is 93.4. The normalized spacial score (nSPS) is 28.6. The fourth-order valence-electron chi connectivity index (χ4n) is 1.19. The molecule has 0 amide bonds. The van der Waals surface area contributed by atoms with Crippen molar-refractivity contribution in [3.8, 4) is 0 Å². The highest BCUT2D eigenvalue weighted by Crippen LogP contribution is 2.11. The molecule has 1 rings (SSSR count). The van der Waals surface area contributed by atoms with E-state index in [2.05, 4.69) is 0 Å². The molecule has 1 fully saturated rings. The predicted molar refractivity (Wildman–Crippen MR) is 38.5 cm³/mol. The van der Waals surface area contributed by atoms with E-state index in [-0.39, 0.29) is 6.10 Å². The van der Waals surface area contributed by atoms with Crippen LogP contribution in [0.4, 0.5) is 0 Å². The average Bonchev–Trinajstić information content (AvgIpc) is 1.87. The first-order valence-corrected chi connectivity index (χ1v) is 3.93. The summed E-state index contributed by atoms with van der Waals surface area (Å²) in [5, 5.41) is 0. The molecule has 0 aliphatic carbocycles. The van der Waals surface area contributed by atoms with E-state index in [9.17, 15) is 4.79 Å².